The van der Waals surface area contributed by atoms with E-state index in [1.54, 1.807) is 0 Å². The molecule has 2 amide bonds. The zero-order valence-corrected chi connectivity index (χ0v) is 17.6. The first-order chi connectivity index (χ1) is 15.4. The van der Waals surface area contributed by atoms with Crippen LogP contribution in [0.25, 0.3) is 0 Å². The number of nitrogens with one attached hydrogen (secondary N) is 2. The van der Waals surface area contributed by atoms with E-state index >= 15 is 0 Å². The molecule has 13 nitrogen and oxygen atoms in total. The van der Waals surface area contributed by atoms with Crippen molar-refractivity contribution in [2.45, 2.75) is 16.6 Å². The Morgan fingerprint density at radius 1 is 1.34 bits per heavy atom. The molecule has 1 aromatic carbocycles. The highest BCUT2D eigenvalue weighted by Gasteiger charge is 2.54. The number of phenolic OH excluding ortho intramolecular Hbond substituents is 1. The number of fused-ring (bicyclic) bond motifs is 1. The Morgan fingerprint density at radius 2 is 2.09 bits per heavy atom. The van der Waals surface area contributed by atoms with Crippen LogP contribution in [0.2, 0.25) is 0 Å². The van der Waals surface area contributed by atoms with Crippen molar-refractivity contribution in [3.63, 3.8) is 0 Å². The minimum atomic E-state index is -1.25. The highest BCUT2D eigenvalue weighted by Crippen LogP contribution is 2.41. The summed E-state index contributed by atoms with van der Waals surface area (Å²) in [7, 11) is 0. The molecule has 2 aromatic rings. The van der Waals surface area contributed by atoms with Crippen molar-refractivity contribution >= 4 is 47.0 Å². The Morgan fingerprint density at radius 3 is 2.72 bits per heavy atom. The summed E-state index contributed by atoms with van der Waals surface area (Å²) in [5, 5.41) is 46.9. The fourth-order valence-corrected chi connectivity index (χ4v) is 5.44. The van der Waals surface area contributed by atoms with Crippen molar-refractivity contribution in [2.75, 3.05) is 11.5 Å². The number of β-lactam (4-membered cyclic amide) rings is 1. The lowest BCUT2D eigenvalue weighted by atomic mass is 10.0. The lowest BCUT2D eigenvalue weighted by Gasteiger charge is -2.49. The van der Waals surface area contributed by atoms with Gasteiger partial charge in [0.05, 0.1) is 0 Å². The Hall–Kier alpha value is -3.59. The number of hydrogen-bond donors (Lipinski definition) is 5. The van der Waals surface area contributed by atoms with Gasteiger partial charge in [0.1, 0.15) is 22.9 Å². The summed E-state index contributed by atoms with van der Waals surface area (Å²) in [4.78, 5) is 38.4. The summed E-state index contributed by atoms with van der Waals surface area (Å²) < 4.78 is 0. The van der Waals surface area contributed by atoms with Crippen molar-refractivity contribution in [1.82, 2.24) is 30.8 Å². The van der Waals surface area contributed by atoms with E-state index in [1.807, 2.05) is 0 Å². The van der Waals surface area contributed by atoms with Crippen LogP contribution in [0.5, 0.6) is 5.75 Å². The summed E-state index contributed by atoms with van der Waals surface area (Å²) in [6.45, 7) is 0. The molecule has 2 atom stereocenters. The number of aromatic amines is 1. The maximum Gasteiger partial charge on any atom is 0.352 e. The van der Waals surface area contributed by atoms with Gasteiger partial charge in [-0.15, -0.1) is 22.0 Å². The molecule has 3 heterocycles. The standard InChI is InChI=1S/C17H15N7O6S2/c25-9-3-1-7(2-4-9)10(21-30)13(26)18-11-14(27)24-12(16(28)29)8(5-31-15(11)24)6-32-17-19-22-23-20-17/h1-4,11,15,25,30H,5-6H2,(H,18,26)(H,28,29)(H,19,20,22,23)/b21-10+/t11?,15-/m1/s1. The van der Waals surface area contributed by atoms with Crippen LogP contribution in [0.1, 0.15) is 5.56 Å². The van der Waals surface area contributed by atoms with Gasteiger partial charge in [-0.25, -0.2) is 4.79 Å². The molecule has 5 N–H and O–H groups in total. The molecular weight excluding hydrogens is 462 g/mol. The van der Waals surface area contributed by atoms with Gasteiger partial charge < -0.3 is 20.7 Å². The quantitative estimate of drug-likeness (QED) is 0.115. The van der Waals surface area contributed by atoms with Crippen LogP contribution in [0.3, 0.4) is 0 Å². The van der Waals surface area contributed by atoms with Crippen molar-refractivity contribution in [1.29, 1.82) is 0 Å². The predicted octanol–water partition coefficient (Wildman–Crippen LogP) is -0.386. The van der Waals surface area contributed by atoms with E-state index in [2.05, 4.69) is 31.1 Å². The maximum atomic E-state index is 12.7. The van der Waals surface area contributed by atoms with Crippen LogP contribution in [-0.2, 0) is 14.4 Å². The molecule has 0 spiro atoms. The number of phenols is 1. The van der Waals surface area contributed by atoms with Crippen LogP contribution in [0.15, 0.2) is 45.8 Å². The molecule has 0 aliphatic carbocycles. The lowest BCUT2D eigenvalue weighted by Crippen LogP contribution is -2.71. The van der Waals surface area contributed by atoms with Crippen LogP contribution in [0, 0.1) is 0 Å². The highest BCUT2D eigenvalue weighted by molar-refractivity contribution is 8.01. The van der Waals surface area contributed by atoms with Crippen molar-refractivity contribution in [2.24, 2.45) is 5.16 Å². The smallest absolute Gasteiger partial charge is 0.352 e. The number of thioether (sulfide) groups is 2. The highest BCUT2D eigenvalue weighted by atomic mass is 32.2. The number of aromatic hydroxyl groups is 1. The van der Waals surface area contributed by atoms with E-state index in [0.29, 0.717) is 16.5 Å². The topological polar surface area (TPSA) is 194 Å². The third-order valence-corrected chi connectivity index (χ3v) is 6.96. The monoisotopic (exact) mass is 477 g/mol. The fraction of sp³-hybridized carbons (Fsp3) is 0.235. The number of carbonyl (C=O) groups is 3. The second-order valence-electron chi connectivity index (χ2n) is 6.60. The van der Waals surface area contributed by atoms with Gasteiger partial charge in [-0.05, 0) is 35.1 Å². The van der Waals surface area contributed by atoms with E-state index in [4.69, 9.17) is 0 Å². The molecule has 0 bridgehead atoms. The number of H-pyrrole nitrogens is 1. The first-order valence-corrected chi connectivity index (χ1v) is 11.0. The summed E-state index contributed by atoms with van der Waals surface area (Å²) in [6.07, 6.45) is 0. The number of carboxylic acids is 1. The number of carboxylic acid groups (broad SMARTS) is 1. The van der Waals surface area contributed by atoms with Crippen molar-refractivity contribution < 1.29 is 29.8 Å². The SMILES string of the molecule is O=C(O)C1=C(CSc2nn[nH]n2)CS[C@@H]2C(NC(=O)/C(=N/O)c3ccc(O)cc3)C(=O)N12. The van der Waals surface area contributed by atoms with Crippen molar-refractivity contribution in [3.8, 4) is 5.75 Å². The number of rotatable bonds is 7. The average molecular weight is 477 g/mol. The fourth-order valence-electron chi connectivity index (χ4n) is 3.22. The normalized spacial score (nSPS) is 20.6. The summed E-state index contributed by atoms with van der Waals surface area (Å²) in [5.74, 6) is -2.10. The van der Waals surface area contributed by atoms with Gasteiger partial charge in [-0.3, -0.25) is 14.5 Å². The molecule has 1 saturated heterocycles. The van der Waals surface area contributed by atoms with E-state index in [0.717, 1.165) is 4.90 Å². The first kappa shape index (κ1) is 21.6. The van der Waals surface area contributed by atoms with Gasteiger partial charge in [0, 0.05) is 17.1 Å². The number of aromatic nitrogens is 4. The van der Waals surface area contributed by atoms with Gasteiger partial charge in [0.15, 0.2) is 5.71 Å². The number of carbonyl (C=O) groups excluding carboxylic acids is 2. The Kier molecular flexibility index (Phi) is 6.00. The molecule has 0 saturated carbocycles. The van der Waals surface area contributed by atoms with Crippen LogP contribution >= 0.6 is 23.5 Å². The third-order valence-electron chi connectivity index (χ3n) is 4.69. The summed E-state index contributed by atoms with van der Waals surface area (Å²) in [6, 6.07) is 4.42. The minimum Gasteiger partial charge on any atom is -0.508 e. The van der Waals surface area contributed by atoms with E-state index in [-0.39, 0.29) is 28.5 Å². The molecule has 4 rings (SSSR count). The molecule has 32 heavy (non-hydrogen) atoms. The molecule has 2 aliphatic rings. The Bertz CT molecular complexity index is 1120. The van der Waals surface area contributed by atoms with Gasteiger partial charge >= 0.3 is 5.97 Å². The number of oxime groups is 1. The molecule has 1 aromatic heterocycles. The molecular formula is C17H15N7O6S2. The van der Waals surface area contributed by atoms with E-state index < -0.39 is 29.2 Å². The Labute approximate surface area is 187 Å². The number of aliphatic carboxylic acids is 1. The second kappa shape index (κ2) is 8.88. The molecule has 0 radical (unpaired) electrons. The average Bonchev–Trinajstić information content (AvgIpc) is 3.30. The first-order valence-electron chi connectivity index (χ1n) is 8.99. The van der Waals surface area contributed by atoms with Crippen molar-refractivity contribution in [3.05, 3.63) is 41.1 Å². The lowest BCUT2D eigenvalue weighted by molar-refractivity contribution is -0.150. The molecule has 1 unspecified atom stereocenters. The Balaban J connectivity index is 1.48. The molecule has 2 aliphatic heterocycles. The molecule has 166 valence electrons. The summed E-state index contributed by atoms with van der Waals surface area (Å²) in [5.41, 5.74) is 0.279. The predicted molar refractivity (Wildman–Crippen MR) is 111 cm³/mol. The number of nitrogens with zero attached hydrogens (tertiary/aromatic N) is 5. The maximum absolute atomic E-state index is 12.7. The number of benzene rings is 1. The molecule has 15 heteroatoms. The van der Waals surface area contributed by atoms with E-state index in [9.17, 15) is 29.8 Å². The second-order valence-corrected chi connectivity index (χ2v) is 8.64. The largest absolute Gasteiger partial charge is 0.508 e. The van der Waals surface area contributed by atoms with Crippen LogP contribution in [0.4, 0.5) is 0 Å². The number of hydrogen-bond acceptors (Lipinski definition) is 11. The van der Waals surface area contributed by atoms with E-state index in [1.165, 1.54) is 47.8 Å². The van der Waals surface area contributed by atoms with Gasteiger partial charge in [-0.2, -0.15) is 5.21 Å². The van der Waals surface area contributed by atoms with Gasteiger partial charge in [-0.1, -0.05) is 16.9 Å². The van der Waals surface area contributed by atoms with Gasteiger partial charge in [0.25, 0.3) is 11.8 Å². The zero-order chi connectivity index (χ0) is 22.8. The number of tetrazole rings is 1. The van der Waals surface area contributed by atoms with Crippen LogP contribution in [-0.4, -0.2) is 87.4 Å². The number of amides is 2. The minimum absolute atomic E-state index is 0.0313. The summed E-state index contributed by atoms with van der Waals surface area (Å²) >= 11 is 2.49. The molecule has 1 fully saturated rings. The zero-order valence-electron chi connectivity index (χ0n) is 16.0. The third kappa shape index (κ3) is 3.99. The van der Waals surface area contributed by atoms with Crippen LogP contribution < -0.4 is 5.32 Å². The van der Waals surface area contributed by atoms with Gasteiger partial charge in [0.2, 0.25) is 5.16 Å².